The van der Waals surface area contributed by atoms with Crippen LogP contribution in [0.25, 0.3) is 0 Å². The zero-order valence-corrected chi connectivity index (χ0v) is 7.99. The smallest absolute Gasteiger partial charge is 0.330 e. The van der Waals surface area contributed by atoms with Crippen LogP contribution in [-0.4, -0.2) is 30.6 Å². The Morgan fingerprint density at radius 2 is 2.46 bits per heavy atom. The van der Waals surface area contributed by atoms with E-state index >= 15 is 0 Å². The first-order chi connectivity index (χ1) is 6.18. The second-order valence-corrected chi connectivity index (χ2v) is 2.48. The van der Waals surface area contributed by atoms with Crippen LogP contribution in [-0.2, 0) is 9.53 Å². The fourth-order valence-electron chi connectivity index (χ4n) is 0.657. The molecule has 13 heavy (non-hydrogen) atoms. The number of carbonyl (C=O) groups is 1. The molecule has 0 spiro atoms. The fourth-order valence-corrected chi connectivity index (χ4v) is 0.657. The third kappa shape index (κ3) is 7.05. The van der Waals surface area contributed by atoms with Crippen LogP contribution < -0.4 is 0 Å². The molecule has 1 rings (SSSR count). The van der Waals surface area contributed by atoms with Gasteiger partial charge in [-0.3, -0.25) is 4.99 Å². The van der Waals surface area contributed by atoms with E-state index < -0.39 is 5.97 Å². The molecule has 0 aromatic carbocycles. The van der Waals surface area contributed by atoms with Crippen LogP contribution in [0.2, 0.25) is 0 Å². The van der Waals surface area contributed by atoms with Crippen molar-refractivity contribution in [2.45, 2.75) is 20.3 Å². The predicted octanol–water partition coefficient (Wildman–Crippen LogP) is 1.47. The SMILES string of the molecule is C1=NCCO1.CCC=C(C)C(=O)O. The molecule has 1 aliphatic rings. The zero-order chi connectivity index (χ0) is 10.1. The minimum atomic E-state index is -0.827. The zero-order valence-electron chi connectivity index (χ0n) is 7.99. The summed E-state index contributed by atoms with van der Waals surface area (Å²) in [6.07, 6.45) is 3.96. The topological polar surface area (TPSA) is 58.9 Å². The minimum Gasteiger partial charge on any atom is -0.482 e. The molecule has 4 heteroatoms. The molecule has 1 aliphatic heterocycles. The van der Waals surface area contributed by atoms with Crippen LogP contribution in [0.3, 0.4) is 0 Å². The number of allylic oxidation sites excluding steroid dienone is 1. The monoisotopic (exact) mass is 185 g/mol. The molecule has 74 valence electrons. The number of ether oxygens (including phenoxy) is 1. The average molecular weight is 185 g/mol. The fraction of sp³-hybridized carbons (Fsp3) is 0.556. The molecule has 0 aromatic heterocycles. The van der Waals surface area contributed by atoms with Crippen molar-refractivity contribution in [3.63, 3.8) is 0 Å². The van der Waals surface area contributed by atoms with Crippen LogP contribution in [0.1, 0.15) is 20.3 Å². The lowest BCUT2D eigenvalue weighted by atomic mass is 10.2. The summed E-state index contributed by atoms with van der Waals surface area (Å²) in [5.41, 5.74) is 0.424. The predicted molar refractivity (Wildman–Crippen MR) is 51.0 cm³/mol. The summed E-state index contributed by atoms with van der Waals surface area (Å²) in [6, 6.07) is 0. The van der Waals surface area contributed by atoms with Crippen molar-refractivity contribution in [1.29, 1.82) is 0 Å². The van der Waals surface area contributed by atoms with E-state index in [0.717, 1.165) is 19.6 Å². The summed E-state index contributed by atoms with van der Waals surface area (Å²) in [5.74, 6) is -0.827. The number of nitrogens with zero attached hydrogens (tertiary/aromatic N) is 1. The van der Waals surface area contributed by atoms with Crippen LogP contribution in [0.15, 0.2) is 16.6 Å². The van der Waals surface area contributed by atoms with Gasteiger partial charge in [0.25, 0.3) is 0 Å². The Hall–Kier alpha value is -1.32. The molecule has 1 N–H and O–H groups in total. The van der Waals surface area contributed by atoms with Gasteiger partial charge in [-0.2, -0.15) is 0 Å². The third-order valence-electron chi connectivity index (χ3n) is 1.33. The van der Waals surface area contributed by atoms with Gasteiger partial charge in [0, 0.05) is 5.57 Å². The summed E-state index contributed by atoms with van der Waals surface area (Å²) in [7, 11) is 0. The largest absolute Gasteiger partial charge is 0.482 e. The number of carboxylic acid groups (broad SMARTS) is 1. The van der Waals surface area contributed by atoms with Crippen LogP contribution in [0.4, 0.5) is 0 Å². The van der Waals surface area contributed by atoms with Gasteiger partial charge in [0.15, 0.2) is 6.40 Å². The normalized spacial score (nSPS) is 14.5. The molecule has 0 atom stereocenters. The second kappa shape index (κ2) is 7.34. The van der Waals surface area contributed by atoms with Gasteiger partial charge in [0.1, 0.15) is 6.61 Å². The van der Waals surface area contributed by atoms with Gasteiger partial charge in [0.2, 0.25) is 0 Å². The summed E-state index contributed by atoms with van der Waals surface area (Å²) in [4.78, 5) is 13.8. The summed E-state index contributed by atoms with van der Waals surface area (Å²) >= 11 is 0. The van der Waals surface area contributed by atoms with Crippen LogP contribution in [0.5, 0.6) is 0 Å². The Kier molecular flexibility index (Phi) is 6.59. The van der Waals surface area contributed by atoms with Gasteiger partial charge >= 0.3 is 5.97 Å². The summed E-state index contributed by atoms with van der Waals surface area (Å²) in [6.45, 7) is 5.12. The van der Waals surface area contributed by atoms with Crippen molar-refractivity contribution in [3.05, 3.63) is 11.6 Å². The standard InChI is InChI=1S/C6H10O2.C3H5NO/c1-3-4-5(2)6(7)8;1-2-5-3-4-1/h4H,3H2,1-2H3,(H,7,8);3H,1-2H2. The highest BCUT2D eigenvalue weighted by atomic mass is 16.5. The molecule has 0 amide bonds. The average Bonchev–Trinajstić information content (AvgIpc) is 2.61. The molecule has 0 fully saturated rings. The van der Waals surface area contributed by atoms with Gasteiger partial charge in [-0.05, 0) is 13.3 Å². The first kappa shape index (κ1) is 11.7. The van der Waals surface area contributed by atoms with Gasteiger partial charge in [0.05, 0.1) is 6.54 Å². The van der Waals surface area contributed by atoms with E-state index in [-0.39, 0.29) is 0 Å². The molecule has 0 aliphatic carbocycles. The van der Waals surface area contributed by atoms with Gasteiger partial charge < -0.3 is 9.84 Å². The molecular formula is C9H15NO3. The summed E-state index contributed by atoms with van der Waals surface area (Å²) in [5, 5.41) is 8.24. The molecule has 0 unspecified atom stereocenters. The van der Waals surface area contributed by atoms with Crippen molar-refractivity contribution in [3.8, 4) is 0 Å². The van der Waals surface area contributed by atoms with Gasteiger partial charge in [-0.15, -0.1) is 0 Å². The lowest BCUT2D eigenvalue weighted by molar-refractivity contribution is -0.132. The Bertz CT molecular complexity index is 203. The first-order valence-electron chi connectivity index (χ1n) is 4.18. The number of hydrogen-bond acceptors (Lipinski definition) is 3. The maximum atomic E-state index is 10.0. The van der Waals surface area contributed by atoms with E-state index in [1.165, 1.54) is 6.40 Å². The molecule has 4 nitrogen and oxygen atoms in total. The van der Waals surface area contributed by atoms with E-state index in [2.05, 4.69) is 9.73 Å². The van der Waals surface area contributed by atoms with Crippen molar-refractivity contribution >= 4 is 12.4 Å². The number of aliphatic carboxylic acids is 1. The van der Waals surface area contributed by atoms with E-state index in [9.17, 15) is 4.79 Å². The number of carboxylic acids is 1. The summed E-state index contributed by atoms with van der Waals surface area (Å²) < 4.78 is 4.65. The Morgan fingerprint density at radius 1 is 1.77 bits per heavy atom. The van der Waals surface area contributed by atoms with Crippen molar-refractivity contribution in [2.75, 3.05) is 13.2 Å². The number of hydrogen-bond donors (Lipinski definition) is 1. The maximum absolute atomic E-state index is 10.0. The molecular weight excluding hydrogens is 170 g/mol. The van der Waals surface area contributed by atoms with E-state index in [0.29, 0.717) is 5.57 Å². The highest BCUT2D eigenvalue weighted by Crippen LogP contribution is 1.92. The maximum Gasteiger partial charge on any atom is 0.330 e. The lowest BCUT2D eigenvalue weighted by Crippen LogP contribution is -1.94. The Balaban J connectivity index is 0.000000243. The third-order valence-corrected chi connectivity index (χ3v) is 1.33. The minimum absolute atomic E-state index is 0.424. The van der Waals surface area contributed by atoms with Crippen molar-refractivity contribution < 1.29 is 14.6 Å². The van der Waals surface area contributed by atoms with Crippen LogP contribution in [0, 0.1) is 0 Å². The van der Waals surface area contributed by atoms with Crippen molar-refractivity contribution in [1.82, 2.24) is 0 Å². The van der Waals surface area contributed by atoms with Gasteiger partial charge in [-0.25, -0.2) is 4.79 Å². The van der Waals surface area contributed by atoms with E-state index in [1.807, 2.05) is 6.92 Å². The molecule has 0 bridgehead atoms. The first-order valence-corrected chi connectivity index (χ1v) is 4.18. The van der Waals surface area contributed by atoms with Crippen molar-refractivity contribution in [2.24, 2.45) is 4.99 Å². The number of aliphatic imine (C=N–C) groups is 1. The highest BCUT2D eigenvalue weighted by Gasteiger charge is 1.94. The highest BCUT2D eigenvalue weighted by molar-refractivity contribution is 5.85. The molecule has 0 saturated carbocycles. The molecule has 0 aromatic rings. The molecule has 1 heterocycles. The van der Waals surface area contributed by atoms with E-state index in [1.54, 1.807) is 13.0 Å². The Morgan fingerprint density at radius 3 is 2.62 bits per heavy atom. The lowest BCUT2D eigenvalue weighted by Gasteiger charge is -1.87. The quantitative estimate of drug-likeness (QED) is 0.663. The molecule has 0 saturated heterocycles. The van der Waals surface area contributed by atoms with Crippen LogP contribution >= 0.6 is 0 Å². The van der Waals surface area contributed by atoms with Gasteiger partial charge in [-0.1, -0.05) is 13.0 Å². The number of rotatable bonds is 2. The van der Waals surface area contributed by atoms with E-state index in [4.69, 9.17) is 5.11 Å². The Labute approximate surface area is 77.9 Å². The second-order valence-electron chi connectivity index (χ2n) is 2.48. The molecule has 0 radical (unpaired) electrons.